The summed E-state index contributed by atoms with van der Waals surface area (Å²) in [7, 11) is 0. The standard InChI is InChI=1S/C14H17ClFN3O/c1-14(2,3)13-12(8-20)17-18-19(13)7-9-10(15)5-4-6-11(9)16/h4-6,20H,7-8H2,1-3H3. The van der Waals surface area contributed by atoms with Crippen molar-refractivity contribution >= 4 is 11.6 Å². The van der Waals surface area contributed by atoms with Crippen LogP contribution < -0.4 is 0 Å². The van der Waals surface area contributed by atoms with Gasteiger partial charge in [-0.3, -0.25) is 0 Å². The van der Waals surface area contributed by atoms with Gasteiger partial charge in [0.1, 0.15) is 11.5 Å². The molecule has 1 aromatic heterocycles. The second kappa shape index (κ2) is 5.50. The van der Waals surface area contributed by atoms with E-state index in [9.17, 15) is 9.50 Å². The van der Waals surface area contributed by atoms with E-state index in [1.54, 1.807) is 16.8 Å². The van der Waals surface area contributed by atoms with Gasteiger partial charge in [0.25, 0.3) is 0 Å². The van der Waals surface area contributed by atoms with Crippen LogP contribution in [0.4, 0.5) is 4.39 Å². The Bertz CT molecular complexity index is 599. The lowest BCUT2D eigenvalue weighted by Crippen LogP contribution is -2.21. The highest BCUT2D eigenvalue weighted by Crippen LogP contribution is 2.27. The first-order valence-electron chi connectivity index (χ1n) is 6.31. The van der Waals surface area contributed by atoms with Crippen molar-refractivity contribution in [2.24, 2.45) is 0 Å². The molecule has 0 radical (unpaired) electrons. The number of benzene rings is 1. The fourth-order valence-electron chi connectivity index (χ4n) is 2.22. The molecule has 2 aromatic rings. The number of aromatic nitrogens is 3. The molecule has 20 heavy (non-hydrogen) atoms. The zero-order valence-corrected chi connectivity index (χ0v) is 12.4. The first-order chi connectivity index (χ1) is 9.34. The summed E-state index contributed by atoms with van der Waals surface area (Å²) in [5.74, 6) is -0.376. The molecule has 0 unspecified atom stereocenters. The molecule has 0 fully saturated rings. The molecule has 0 bridgehead atoms. The largest absolute Gasteiger partial charge is 0.390 e. The second-order valence-electron chi connectivity index (χ2n) is 5.65. The van der Waals surface area contributed by atoms with Crippen molar-refractivity contribution in [3.05, 3.63) is 46.0 Å². The van der Waals surface area contributed by atoms with Crippen molar-refractivity contribution in [1.82, 2.24) is 15.0 Å². The van der Waals surface area contributed by atoms with Crippen LogP contribution >= 0.6 is 11.6 Å². The number of hydrogen-bond acceptors (Lipinski definition) is 3. The summed E-state index contributed by atoms with van der Waals surface area (Å²) in [6.07, 6.45) is 0. The average Bonchev–Trinajstić information content (AvgIpc) is 2.76. The van der Waals surface area contributed by atoms with Gasteiger partial charge in [0.15, 0.2) is 0 Å². The lowest BCUT2D eigenvalue weighted by atomic mass is 9.90. The minimum atomic E-state index is -0.376. The quantitative estimate of drug-likeness (QED) is 0.948. The van der Waals surface area contributed by atoms with E-state index >= 15 is 0 Å². The Morgan fingerprint density at radius 2 is 2.05 bits per heavy atom. The Labute approximate surface area is 122 Å². The molecule has 0 aliphatic heterocycles. The first-order valence-corrected chi connectivity index (χ1v) is 6.69. The van der Waals surface area contributed by atoms with Crippen LogP contribution in [-0.2, 0) is 18.6 Å². The summed E-state index contributed by atoms with van der Waals surface area (Å²) in [5.41, 5.74) is 1.39. The van der Waals surface area contributed by atoms with Crippen molar-refractivity contribution in [3.8, 4) is 0 Å². The SMILES string of the molecule is CC(C)(C)c1c(CO)nnn1Cc1c(F)cccc1Cl. The van der Waals surface area contributed by atoms with Gasteiger partial charge in [-0.15, -0.1) is 5.10 Å². The predicted octanol–water partition coefficient (Wildman–Crippen LogP) is 2.91. The summed E-state index contributed by atoms with van der Waals surface area (Å²) < 4.78 is 15.5. The summed E-state index contributed by atoms with van der Waals surface area (Å²) >= 11 is 6.04. The van der Waals surface area contributed by atoms with Gasteiger partial charge in [-0.05, 0) is 12.1 Å². The van der Waals surface area contributed by atoms with Gasteiger partial charge in [-0.25, -0.2) is 9.07 Å². The fraction of sp³-hybridized carbons (Fsp3) is 0.429. The highest BCUT2D eigenvalue weighted by molar-refractivity contribution is 6.31. The van der Waals surface area contributed by atoms with Crippen molar-refractivity contribution in [3.63, 3.8) is 0 Å². The van der Waals surface area contributed by atoms with Crippen molar-refractivity contribution in [2.45, 2.75) is 39.3 Å². The highest BCUT2D eigenvalue weighted by atomic mass is 35.5. The van der Waals surface area contributed by atoms with E-state index in [0.29, 0.717) is 16.3 Å². The van der Waals surface area contributed by atoms with Crippen LogP contribution in [-0.4, -0.2) is 20.1 Å². The Balaban J connectivity index is 2.47. The van der Waals surface area contributed by atoms with E-state index in [4.69, 9.17) is 11.6 Å². The van der Waals surface area contributed by atoms with Gasteiger partial charge in [0.2, 0.25) is 0 Å². The van der Waals surface area contributed by atoms with E-state index in [2.05, 4.69) is 10.3 Å². The van der Waals surface area contributed by atoms with Crippen molar-refractivity contribution in [1.29, 1.82) is 0 Å². The van der Waals surface area contributed by atoms with Gasteiger partial charge in [-0.1, -0.05) is 43.7 Å². The summed E-state index contributed by atoms with van der Waals surface area (Å²) in [4.78, 5) is 0. The molecule has 4 nitrogen and oxygen atoms in total. The van der Waals surface area contributed by atoms with E-state index in [1.165, 1.54) is 6.07 Å². The van der Waals surface area contributed by atoms with E-state index in [0.717, 1.165) is 5.69 Å². The Morgan fingerprint density at radius 3 is 2.60 bits per heavy atom. The number of nitrogens with zero attached hydrogens (tertiary/aromatic N) is 3. The zero-order valence-electron chi connectivity index (χ0n) is 11.7. The topological polar surface area (TPSA) is 50.9 Å². The molecule has 0 amide bonds. The molecule has 0 aliphatic rings. The van der Waals surface area contributed by atoms with Gasteiger partial charge >= 0.3 is 0 Å². The molecule has 6 heteroatoms. The number of aliphatic hydroxyl groups is 1. The normalized spacial score (nSPS) is 11.9. The smallest absolute Gasteiger partial charge is 0.129 e. The molecule has 0 saturated heterocycles. The molecular formula is C14H17ClFN3O. The van der Waals surface area contributed by atoms with Gasteiger partial charge in [-0.2, -0.15) is 0 Å². The molecule has 2 rings (SSSR count). The minimum absolute atomic E-state index is 0.186. The third-order valence-corrected chi connectivity index (χ3v) is 3.39. The van der Waals surface area contributed by atoms with E-state index in [1.807, 2.05) is 20.8 Å². The number of hydrogen-bond donors (Lipinski definition) is 1. The monoisotopic (exact) mass is 297 g/mol. The first kappa shape index (κ1) is 14.9. The van der Waals surface area contributed by atoms with Crippen LogP contribution in [0.2, 0.25) is 5.02 Å². The molecule has 0 saturated carbocycles. The van der Waals surface area contributed by atoms with Crippen molar-refractivity contribution < 1.29 is 9.50 Å². The number of halogens is 2. The average molecular weight is 298 g/mol. The van der Waals surface area contributed by atoms with Crippen molar-refractivity contribution in [2.75, 3.05) is 0 Å². The maximum absolute atomic E-state index is 13.9. The van der Waals surface area contributed by atoms with Gasteiger partial charge in [0, 0.05) is 16.0 Å². The molecule has 1 N–H and O–H groups in total. The van der Waals surface area contributed by atoms with Crippen LogP contribution in [0.3, 0.4) is 0 Å². The maximum Gasteiger partial charge on any atom is 0.129 e. The summed E-state index contributed by atoms with van der Waals surface area (Å²) in [6, 6.07) is 4.56. The third kappa shape index (κ3) is 2.83. The molecular weight excluding hydrogens is 281 g/mol. The van der Waals surface area contributed by atoms with Crippen LogP contribution in [0.25, 0.3) is 0 Å². The second-order valence-corrected chi connectivity index (χ2v) is 6.06. The van der Waals surface area contributed by atoms with Gasteiger partial charge in [0.05, 0.1) is 18.8 Å². The Hall–Kier alpha value is -1.46. The van der Waals surface area contributed by atoms with Crippen LogP contribution in [0.5, 0.6) is 0 Å². The third-order valence-electron chi connectivity index (χ3n) is 3.03. The predicted molar refractivity (Wildman–Crippen MR) is 75.2 cm³/mol. The van der Waals surface area contributed by atoms with Crippen LogP contribution in [0.1, 0.15) is 37.7 Å². The summed E-state index contributed by atoms with van der Waals surface area (Å²) in [6.45, 7) is 5.96. The fourth-order valence-corrected chi connectivity index (χ4v) is 2.44. The molecule has 1 heterocycles. The molecule has 1 aromatic carbocycles. The lowest BCUT2D eigenvalue weighted by molar-refractivity contribution is 0.273. The molecule has 0 atom stereocenters. The molecule has 0 aliphatic carbocycles. The summed E-state index contributed by atoms with van der Waals surface area (Å²) in [5, 5.41) is 17.7. The number of rotatable bonds is 3. The van der Waals surface area contributed by atoms with E-state index < -0.39 is 0 Å². The van der Waals surface area contributed by atoms with Crippen LogP contribution in [0.15, 0.2) is 18.2 Å². The van der Waals surface area contributed by atoms with E-state index in [-0.39, 0.29) is 24.4 Å². The Morgan fingerprint density at radius 1 is 1.35 bits per heavy atom. The van der Waals surface area contributed by atoms with Gasteiger partial charge < -0.3 is 5.11 Å². The van der Waals surface area contributed by atoms with Crippen LogP contribution in [0, 0.1) is 5.82 Å². The molecule has 108 valence electrons. The lowest BCUT2D eigenvalue weighted by Gasteiger charge is -2.21. The maximum atomic E-state index is 13.9. The minimum Gasteiger partial charge on any atom is -0.390 e. The Kier molecular flexibility index (Phi) is 4.11. The molecule has 0 spiro atoms. The highest BCUT2D eigenvalue weighted by Gasteiger charge is 2.25. The zero-order chi connectivity index (χ0) is 14.9. The number of aliphatic hydroxyl groups excluding tert-OH is 1.